The Kier molecular flexibility index (Phi) is 7.47. The van der Waals surface area contributed by atoms with Gasteiger partial charge in [-0.15, -0.1) is 0 Å². The Morgan fingerprint density at radius 3 is 2.14 bits per heavy atom. The van der Waals surface area contributed by atoms with Gasteiger partial charge >= 0.3 is 5.97 Å². The van der Waals surface area contributed by atoms with Gasteiger partial charge in [-0.3, -0.25) is 0 Å². The maximum Gasteiger partial charge on any atom is 0.335 e. The van der Waals surface area contributed by atoms with Gasteiger partial charge in [0.05, 0.1) is 0 Å². The summed E-state index contributed by atoms with van der Waals surface area (Å²) in [6, 6.07) is 16.6. The van der Waals surface area contributed by atoms with Gasteiger partial charge in [-0.05, 0) is 66.3 Å². The summed E-state index contributed by atoms with van der Waals surface area (Å²) in [4.78, 5) is 11.3. The van der Waals surface area contributed by atoms with Crippen LogP contribution in [-0.2, 0) is 4.79 Å². The molecule has 0 aromatic heterocycles. The molecule has 0 aliphatic heterocycles. The van der Waals surface area contributed by atoms with Crippen LogP contribution in [0.25, 0.3) is 11.1 Å². The van der Waals surface area contributed by atoms with Gasteiger partial charge in [0.2, 0.25) is 0 Å². The predicted octanol–water partition coefficient (Wildman–Crippen LogP) is 7.30. The molecule has 0 heterocycles. The van der Waals surface area contributed by atoms with Gasteiger partial charge < -0.3 is 4.74 Å². The molecular weight excluding hydrogens is 344 g/mol. The third-order valence-corrected chi connectivity index (χ3v) is 6.02. The number of unbranched alkanes of at least 4 members (excludes halogenated alkanes) is 2. The Balaban J connectivity index is 1.55. The summed E-state index contributed by atoms with van der Waals surface area (Å²) in [5.74, 6) is 1.78. The Labute approximate surface area is 169 Å². The van der Waals surface area contributed by atoms with Crippen LogP contribution in [0.2, 0.25) is 0 Å². The fourth-order valence-corrected chi connectivity index (χ4v) is 4.29. The number of carbonyl (C=O) groups is 1. The molecule has 28 heavy (non-hydrogen) atoms. The highest BCUT2D eigenvalue weighted by Gasteiger charge is 2.22. The fraction of sp³-hybridized carbons (Fsp3) is 0.423. The van der Waals surface area contributed by atoms with E-state index < -0.39 is 5.97 Å². The first-order chi connectivity index (χ1) is 13.7. The Bertz CT molecular complexity index is 750. The van der Waals surface area contributed by atoms with Crippen LogP contribution in [0.3, 0.4) is 0 Å². The Morgan fingerprint density at radius 1 is 0.964 bits per heavy atom. The van der Waals surface area contributed by atoms with Gasteiger partial charge in [-0.2, -0.15) is 0 Å². The van der Waals surface area contributed by atoms with Crippen molar-refractivity contribution in [2.75, 3.05) is 0 Å². The monoisotopic (exact) mass is 376 g/mol. The zero-order valence-corrected chi connectivity index (χ0v) is 17.0. The lowest BCUT2D eigenvalue weighted by molar-refractivity contribution is -0.128. The van der Waals surface area contributed by atoms with Gasteiger partial charge in [0.1, 0.15) is 5.75 Å². The standard InChI is InChI=1S/C26H32O2/c1-3-5-6-7-20-8-10-21(11-9-20)22-12-14-23(15-13-22)24-16-18-25(19-17-24)28-26(27)4-2/h4,12-21H,2-3,5-11H2,1H3. The van der Waals surface area contributed by atoms with Crippen molar-refractivity contribution in [2.45, 2.75) is 64.2 Å². The summed E-state index contributed by atoms with van der Waals surface area (Å²) >= 11 is 0. The fourth-order valence-electron chi connectivity index (χ4n) is 4.29. The third-order valence-electron chi connectivity index (χ3n) is 6.02. The number of esters is 1. The first kappa shape index (κ1) is 20.4. The Hall–Kier alpha value is -2.35. The van der Waals surface area contributed by atoms with Crippen LogP contribution in [0.4, 0.5) is 0 Å². The molecule has 3 rings (SSSR count). The number of ether oxygens (including phenoxy) is 1. The average molecular weight is 377 g/mol. The maximum atomic E-state index is 11.3. The van der Waals surface area contributed by atoms with Crippen molar-refractivity contribution in [1.29, 1.82) is 0 Å². The van der Waals surface area contributed by atoms with E-state index in [1.165, 1.54) is 68.6 Å². The first-order valence-electron chi connectivity index (χ1n) is 10.7. The average Bonchev–Trinajstić information content (AvgIpc) is 2.75. The molecule has 0 bridgehead atoms. The highest BCUT2D eigenvalue weighted by Crippen LogP contribution is 2.38. The molecular formula is C26H32O2. The second-order valence-corrected chi connectivity index (χ2v) is 7.99. The minimum atomic E-state index is -0.433. The second kappa shape index (κ2) is 10.3. The summed E-state index contributed by atoms with van der Waals surface area (Å²) in [6.07, 6.45) is 12.2. The zero-order chi connectivity index (χ0) is 19.8. The molecule has 0 atom stereocenters. The summed E-state index contributed by atoms with van der Waals surface area (Å²) < 4.78 is 5.14. The summed E-state index contributed by atoms with van der Waals surface area (Å²) in [5.41, 5.74) is 3.80. The van der Waals surface area contributed by atoms with E-state index in [0.717, 1.165) is 17.4 Å². The molecule has 1 fully saturated rings. The van der Waals surface area contributed by atoms with Crippen molar-refractivity contribution in [3.8, 4) is 16.9 Å². The van der Waals surface area contributed by atoms with E-state index in [-0.39, 0.29) is 0 Å². The maximum absolute atomic E-state index is 11.3. The minimum absolute atomic E-state index is 0.433. The van der Waals surface area contributed by atoms with Crippen LogP contribution in [0, 0.1) is 5.92 Å². The van der Waals surface area contributed by atoms with E-state index in [0.29, 0.717) is 5.75 Å². The molecule has 0 spiro atoms. The second-order valence-electron chi connectivity index (χ2n) is 7.99. The van der Waals surface area contributed by atoms with Gasteiger partial charge in [0, 0.05) is 6.08 Å². The summed E-state index contributed by atoms with van der Waals surface area (Å²) in [6.45, 7) is 5.70. The molecule has 0 radical (unpaired) electrons. The van der Waals surface area contributed by atoms with Crippen molar-refractivity contribution < 1.29 is 9.53 Å². The van der Waals surface area contributed by atoms with Crippen LogP contribution in [0.1, 0.15) is 69.8 Å². The highest BCUT2D eigenvalue weighted by molar-refractivity contribution is 5.83. The number of carbonyl (C=O) groups excluding carboxylic acids is 1. The largest absolute Gasteiger partial charge is 0.423 e. The number of rotatable bonds is 8. The van der Waals surface area contributed by atoms with E-state index in [1.807, 2.05) is 24.3 Å². The third kappa shape index (κ3) is 5.58. The molecule has 0 amide bonds. The smallest absolute Gasteiger partial charge is 0.335 e. The first-order valence-corrected chi connectivity index (χ1v) is 10.7. The van der Waals surface area contributed by atoms with Gasteiger partial charge in [0.15, 0.2) is 0 Å². The van der Waals surface area contributed by atoms with E-state index in [1.54, 1.807) is 0 Å². The van der Waals surface area contributed by atoms with E-state index in [4.69, 9.17) is 4.74 Å². The van der Waals surface area contributed by atoms with Gasteiger partial charge in [0.25, 0.3) is 0 Å². The number of hydrogen-bond donors (Lipinski definition) is 0. The van der Waals surface area contributed by atoms with Crippen LogP contribution < -0.4 is 4.74 Å². The van der Waals surface area contributed by atoms with Crippen LogP contribution >= 0.6 is 0 Å². The molecule has 0 N–H and O–H groups in total. The SMILES string of the molecule is C=CC(=O)Oc1ccc(-c2ccc(C3CCC(CCCCC)CC3)cc2)cc1. The molecule has 148 valence electrons. The molecule has 0 unspecified atom stereocenters. The minimum Gasteiger partial charge on any atom is -0.423 e. The lowest BCUT2D eigenvalue weighted by Crippen LogP contribution is -2.13. The lowest BCUT2D eigenvalue weighted by atomic mass is 9.77. The predicted molar refractivity (Wildman–Crippen MR) is 117 cm³/mol. The van der Waals surface area contributed by atoms with Crippen LogP contribution in [0.5, 0.6) is 5.75 Å². The topological polar surface area (TPSA) is 26.3 Å². The van der Waals surface area contributed by atoms with Gasteiger partial charge in [-0.1, -0.05) is 75.6 Å². The molecule has 2 nitrogen and oxygen atoms in total. The highest BCUT2D eigenvalue weighted by atomic mass is 16.5. The molecule has 1 aliphatic carbocycles. The Morgan fingerprint density at radius 2 is 1.57 bits per heavy atom. The molecule has 2 heteroatoms. The zero-order valence-electron chi connectivity index (χ0n) is 17.0. The van der Waals surface area contributed by atoms with Crippen LogP contribution in [0.15, 0.2) is 61.2 Å². The molecule has 1 saturated carbocycles. The van der Waals surface area contributed by atoms with E-state index >= 15 is 0 Å². The van der Waals surface area contributed by atoms with Gasteiger partial charge in [-0.25, -0.2) is 4.79 Å². The van der Waals surface area contributed by atoms with Crippen molar-refractivity contribution in [2.24, 2.45) is 5.92 Å². The van der Waals surface area contributed by atoms with Crippen molar-refractivity contribution in [3.63, 3.8) is 0 Å². The molecule has 1 aliphatic rings. The molecule has 2 aromatic rings. The van der Waals surface area contributed by atoms with Crippen molar-refractivity contribution >= 4 is 5.97 Å². The molecule has 2 aromatic carbocycles. The van der Waals surface area contributed by atoms with E-state index in [2.05, 4.69) is 37.8 Å². The quantitative estimate of drug-likeness (QED) is 0.209. The summed E-state index contributed by atoms with van der Waals surface area (Å²) in [7, 11) is 0. The van der Waals surface area contributed by atoms with Crippen molar-refractivity contribution in [1.82, 2.24) is 0 Å². The molecule has 0 saturated heterocycles. The van der Waals surface area contributed by atoms with E-state index in [9.17, 15) is 4.79 Å². The lowest BCUT2D eigenvalue weighted by Gasteiger charge is -2.29. The number of benzene rings is 2. The van der Waals surface area contributed by atoms with Crippen molar-refractivity contribution in [3.05, 3.63) is 66.7 Å². The normalized spacial score (nSPS) is 19.2. The summed E-state index contributed by atoms with van der Waals surface area (Å²) in [5, 5.41) is 0. The number of hydrogen-bond acceptors (Lipinski definition) is 2. The van der Waals surface area contributed by atoms with Crippen LogP contribution in [-0.4, -0.2) is 5.97 Å².